The first-order valence-corrected chi connectivity index (χ1v) is 7.82. The van der Waals surface area contributed by atoms with Crippen LogP contribution in [0.4, 0.5) is 0 Å². The summed E-state index contributed by atoms with van der Waals surface area (Å²) in [5, 5.41) is 29.3. The Balaban J connectivity index is 2.30. The highest BCUT2D eigenvalue weighted by atomic mass is 31.2. The van der Waals surface area contributed by atoms with Gasteiger partial charge in [-0.25, -0.2) is 4.57 Å². The molecule has 0 aliphatic rings. The molecular weight excluding hydrogens is 311 g/mol. The summed E-state index contributed by atoms with van der Waals surface area (Å²) < 4.78 is 15.5. The molecule has 0 radical (unpaired) electrons. The molecule has 0 aliphatic heterocycles. The summed E-state index contributed by atoms with van der Waals surface area (Å²) >= 11 is 0. The van der Waals surface area contributed by atoms with Crippen LogP contribution < -0.4 is 4.52 Å². The summed E-state index contributed by atoms with van der Waals surface area (Å²) in [5.74, 6) is -0.553. The van der Waals surface area contributed by atoms with E-state index >= 15 is 0 Å². The third-order valence-corrected chi connectivity index (χ3v) is 3.39. The van der Waals surface area contributed by atoms with E-state index in [1.807, 2.05) is 0 Å². The fraction of sp³-hybridized carbons (Fsp3) is 0.143. The van der Waals surface area contributed by atoms with Crippen LogP contribution in [0.5, 0.6) is 17.2 Å². The Morgan fingerprint density at radius 1 is 1.05 bits per heavy atom. The van der Waals surface area contributed by atoms with Crippen LogP contribution in [-0.2, 0) is 11.0 Å². The second kappa shape index (κ2) is 6.37. The second-order valence-corrected chi connectivity index (χ2v) is 5.82. The number of benzene rings is 2. The largest absolute Gasteiger partial charge is 0.524 e. The highest BCUT2D eigenvalue weighted by molar-refractivity contribution is 7.46. The van der Waals surface area contributed by atoms with Crippen LogP contribution in [0.1, 0.15) is 17.2 Å². The van der Waals surface area contributed by atoms with Crippen LogP contribution in [0.15, 0.2) is 42.5 Å². The maximum Gasteiger partial charge on any atom is 0.524 e. The van der Waals surface area contributed by atoms with E-state index in [1.54, 1.807) is 12.1 Å². The van der Waals surface area contributed by atoms with E-state index in [9.17, 15) is 19.9 Å². The zero-order valence-electron chi connectivity index (χ0n) is 11.3. The molecule has 5 N–H and O–H groups in total. The summed E-state index contributed by atoms with van der Waals surface area (Å²) in [6.07, 6.45) is -1.18. The summed E-state index contributed by atoms with van der Waals surface area (Å²) in [5.41, 5.74) is 0.551. The van der Waals surface area contributed by atoms with Crippen molar-refractivity contribution in [1.29, 1.82) is 0 Å². The van der Waals surface area contributed by atoms with Crippen LogP contribution in [0.3, 0.4) is 0 Å². The lowest BCUT2D eigenvalue weighted by Gasteiger charge is -2.17. The fourth-order valence-electron chi connectivity index (χ4n) is 2.03. The molecular formula is C14H15O7P. The highest BCUT2D eigenvalue weighted by Crippen LogP contribution is 2.43. The van der Waals surface area contributed by atoms with Crippen LogP contribution >= 0.6 is 7.82 Å². The molecule has 0 bridgehead atoms. The molecule has 0 aliphatic carbocycles. The number of aromatic hydroxyl groups is 2. The van der Waals surface area contributed by atoms with Crippen LogP contribution in [0.2, 0.25) is 0 Å². The van der Waals surface area contributed by atoms with Crippen molar-refractivity contribution < 1.29 is 34.2 Å². The summed E-state index contributed by atoms with van der Waals surface area (Å²) in [7, 11) is -4.82. The summed E-state index contributed by atoms with van der Waals surface area (Å²) in [6, 6.07) is 9.93. The van der Waals surface area contributed by atoms with Gasteiger partial charge in [-0.3, -0.25) is 9.79 Å². The average molecular weight is 326 g/mol. The number of phenolic OH excluding ortho intramolecular Hbond substituents is 2. The van der Waals surface area contributed by atoms with Gasteiger partial charge in [0.05, 0.1) is 11.7 Å². The molecule has 0 amide bonds. The van der Waals surface area contributed by atoms with Gasteiger partial charge in [-0.15, -0.1) is 0 Å². The average Bonchev–Trinajstić information content (AvgIpc) is 2.39. The number of rotatable bonds is 5. The Kier molecular flexibility index (Phi) is 4.73. The van der Waals surface area contributed by atoms with Gasteiger partial charge in [0, 0.05) is 6.42 Å². The van der Waals surface area contributed by atoms with Gasteiger partial charge in [0.25, 0.3) is 0 Å². The van der Waals surface area contributed by atoms with Gasteiger partial charge in [0.2, 0.25) is 0 Å². The Morgan fingerprint density at radius 2 is 1.68 bits per heavy atom. The molecule has 2 rings (SSSR count). The molecule has 118 valence electrons. The monoisotopic (exact) mass is 326 g/mol. The van der Waals surface area contributed by atoms with E-state index in [2.05, 4.69) is 4.52 Å². The quantitative estimate of drug-likeness (QED) is 0.530. The minimum absolute atomic E-state index is 0.0649. The predicted molar refractivity (Wildman–Crippen MR) is 77.5 cm³/mol. The Morgan fingerprint density at radius 3 is 2.27 bits per heavy atom. The minimum Gasteiger partial charge on any atom is -0.508 e. The molecule has 0 heterocycles. The molecule has 1 unspecified atom stereocenters. The lowest BCUT2D eigenvalue weighted by atomic mass is 10.00. The molecule has 0 saturated carbocycles. The Hall–Kier alpha value is -2.05. The minimum atomic E-state index is -4.82. The molecule has 0 saturated heterocycles. The third-order valence-electron chi connectivity index (χ3n) is 2.96. The predicted octanol–water partition coefficient (Wildman–Crippen LogP) is 1.85. The summed E-state index contributed by atoms with van der Waals surface area (Å²) in [4.78, 5) is 17.8. The summed E-state index contributed by atoms with van der Waals surface area (Å²) in [6.45, 7) is 0. The smallest absolute Gasteiger partial charge is 0.508 e. The molecule has 0 fully saturated rings. The Labute approximate surface area is 126 Å². The third kappa shape index (κ3) is 4.22. The van der Waals surface area contributed by atoms with E-state index in [-0.39, 0.29) is 29.2 Å². The molecule has 7 nitrogen and oxygen atoms in total. The number of phosphoric ester groups is 1. The van der Waals surface area contributed by atoms with Crippen molar-refractivity contribution in [2.45, 2.75) is 12.5 Å². The first-order valence-electron chi connectivity index (χ1n) is 6.29. The molecule has 2 aromatic rings. The zero-order chi connectivity index (χ0) is 16.3. The fourth-order valence-corrected chi connectivity index (χ4v) is 2.45. The van der Waals surface area contributed by atoms with Crippen molar-refractivity contribution in [2.24, 2.45) is 0 Å². The topological polar surface area (TPSA) is 127 Å². The van der Waals surface area contributed by atoms with Crippen molar-refractivity contribution >= 4 is 7.82 Å². The number of hydrogen-bond donors (Lipinski definition) is 5. The molecule has 1 atom stereocenters. The van der Waals surface area contributed by atoms with E-state index < -0.39 is 13.9 Å². The lowest BCUT2D eigenvalue weighted by molar-refractivity contribution is 0.170. The van der Waals surface area contributed by atoms with Gasteiger partial charge < -0.3 is 19.8 Å². The van der Waals surface area contributed by atoms with Crippen LogP contribution in [0.25, 0.3) is 0 Å². The van der Waals surface area contributed by atoms with Gasteiger partial charge in [-0.2, -0.15) is 0 Å². The second-order valence-electron chi connectivity index (χ2n) is 4.66. The molecule has 0 spiro atoms. The lowest BCUT2D eigenvalue weighted by Crippen LogP contribution is -2.05. The maximum absolute atomic E-state index is 11.0. The Bertz CT molecular complexity index is 693. The normalized spacial score (nSPS) is 12.9. The van der Waals surface area contributed by atoms with Gasteiger partial charge in [-0.1, -0.05) is 18.2 Å². The van der Waals surface area contributed by atoms with Crippen molar-refractivity contribution in [1.82, 2.24) is 0 Å². The van der Waals surface area contributed by atoms with Crippen molar-refractivity contribution in [3.05, 3.63) is 53.6 Å². The number of phenols is 2. The van der Waals surface area contributed by atoms with Gasteiger partial charge in [-0.05, 0) is 29.8 Å². The number of phosphoric acid groups is 1. The SMILES string of the molecule is O=P(O)(O)Oc1cccc(O)c1C(O)Cc1ccc(O)cc1. The van der Waals surface area contributed by atoms with E-state index in [0.29, 0.717) is 5.56 Å². The van der Waals surface area contributed by atoms with Gasteiger partial charge >= 0.3 is 7.82 Å². The molecule has 8 heteroatoms. The van der Waals surface area contributed by atoms with Crippen molar-refractivity contribution in [2.75, 3.05) is 0 Å². The highest BCUT2D eigenvalue weighted by Gasteiger charge is 2.24. The number of hydrogen-bond acceptors (Lipinski definition) is 5. The molecule has 0 aromatic heterocycles. The zero-order valence-corrected chi connectivity index (χ0v) is 12.2. The van der Waals surface area contributed by atoms with E-state index in [1.165, 1.54) is 30.3 Å². The van der Waals surface area contributed by atoms with Crippen LogP contribution in [0, 0.1) is 0 Å². The number of aliphatic hydroxyl groups excluding tert-OH is 1. The van der Waals surface area contributed by atoms with Crippen molar-refractivity contribution in [3.63, 3.8) is 0 Å². The van der Waals surface area contributed by atoms with Gasteiger partial charge in [0.1, 0.15) is 17.2 Å². The van der Waals surface area contributed by atoms with Crippen molar-refractivity contribution in [3.8, 4) is 17.2 Å². The first kappa shape index (κ1) is 16.3. The first-order chi connectivity index (χ1) is 10.3. The molecule has 22 heavy (non-hydrogen) atoms. The molecule has 2 aromatic carbocycles. The van der Waals surface area contributed by atoms with Gasteiger partial charge in [0.15, 0.2) is 0 Å². The number of aliphatic hydroxyl groups is 1. The van der Waals surface area contributed by atoms with E-state index in [4.69, 9.17) is 9.79 Å². The van der Waals surface area contributed by atoms with E-state index in [0.717, 1.165) is 0 Å². The standard InChI is InChI=1S/C14H15O7P/c15-10-6-4-9(5-7-10)8-12(17)14-11(16)2-1-3-13(14)21-22(18,19)20/h1-7,12,15-17H,8H2,(H2,18,19,20). The maximum atomic E-state index is 11.0. The van der Waals surface area contributed by atoms with Crippen LogP contribution in [-0.4, -0.2) is 25.1 Å².